The van der Waals surface area contributed by atoms with Crippen LogP contribution < -0.4 is 5.32 Å². The zero-order chi connectivity index (χ0) is 13.5. The fourth-order valence-corrected chi connectivity index (χ4v) is 1.59. The van der Waals surface area contributed by atoms with Gasteiger partial charge in [-0.3, -0.25) is 9.59 Å². The van der Waals surface area contributed by atoms with Crippen molar-refractivity contribution < 1.29 is 19.1 Å². The molecule has 0 heterocycles. The third-order valence-corrected chi connectivity index (χ3v) is 2.59. The van der Waals surface area contributed by atoms with Crippen molar-refractivity contribution in [3.63, 3.8) is 0 Å². The topological polar surface area (TPSA) is 66.4 Å². The predicted octanol–water partition coefficient (Wildman–Crippen LogP) is 3.06. The molecule has 0 atom stereocenters. The Morgan fingerprint density at radius 1 is 1.28 bits per heavy atom. The van der Waals surface area contributed by atoms with Gasteiger partial charge < -0.3 is 10.4 Å². The highest BCUT2D eigenvalue weighted by Gasteiger charge is 2.10. The Kier molecular flexibility index (Phi) is 5.58. The summed E-state index contributed by atoms with van der Waals surface area (Å²) in [6, 6.07) is 4.12. The Balaban J connectivity index is 2.43. The molecule has 0 aromatic heterocycles. The zero-order valence-electron chi connectivity index (χ0n) is 9.58. The minimum Gasteiger partial charge on any atom is -0.481 e. The van der Waals surface area contributed by atoms with Gasteiger partial charge in [-0.05, 0) is 25.0 Å². The fourth-order valence-electron chi connectivity index (χ4n) is 1.38. The molecule has 2 N–H and O–H groups in total. The van der Waals surface area contributed by atoms with Crippen LogP contribution in [0.2, 0.25) is 5.02 Å². The van der Waals surface area contributed by atoms with Gasteiger partial charge in [-0.1, -0.05) is 17.7 Å². The fraction of sp³-hybridized carbons (Fsp3) is 0.333. The molecule has 1 aromatic carbocycles. The second kappa shape index (κ2) is 6.96. The number of hydrogen-bond acceptors (Lipinski definition) is 2. The van der Waals surface area contributed by atoms with Crippen LogP contribution in [0.25, 0.3) is 0 Å². The van der Waals surface area contributed by atoms with E-state index in [2.05, 4.69) is 5.32 Å². The predicted molar refractivity (Wildman–Crippen MR) is 66.1 cm³/mol. The van der Waals surface area contributed by atoms with Gasteiger partial charge in [0.25, 0.3) is 0 Å². The molecule has 1 amide bonds. The summed E-state index contributed by atoms with van der Waals surface area (Å²) in [7, 11) is 0. The highest BCUT2D eigenvalue weighted by molar-refractivity contribution is 6.33. The average Bonchev–Trinajstić information content (AvgIpc) is 2.29. The lowest BCUT2D eigenvalue weighted by Crippen LogP contribution is -2.12. The molecule has 98 valence electrons. The summed E-state index contributed by atoms with van der Waals surface area (Å²) in [6.45, 7) is 0. The van der Waals surface area contributed by atoms with Gasteiger partial charge >= 0.3 is 5.97 Å². The Morgan fingerprint density at radius 2 is 1.94 bits per heavy atom. The summed E-state index contributed by atoms with van der Waals surface area (Å²) in [5, 5.41) is 10.9. The van der Waals surface area contributed by atoms with Crippen LogP contribution in [0.1, 0.15) is 25.7 Å². The van der Waals surface area contributed by atoms with Crippen LogP contribution in [0.5, 0.6) is 0 Å². The number of para-hydroxylation sites is 1. The first kappa shape index (κ1) is 14.4. The minimum atomic E-state index is -0.896. The van der Waals surface area contributed by atoms with E-state index in [4.69, 9.17) is 16.7 Å². The van der Waals surface area contributed by atoms with E-state index in [1.54, 1.807) is 0 Å². The maximum atomic E-state index is 13.3. The van der Waals surface area contributed by atoms with Gasteiger partial charge in [0.2, 0.25) is 5.91 Å². The molecule has 4 nitrogen and oxygen atoms in total. The molecule has 0 saturated carbocycles. The van der Waals surface area contributed by atoms with Gasteiger partial charge in [0.15, 0.2) is 0 Å². The molecule has 18 heavy (non-hydrogen) atoms. The van der Waals surface area contributed by atoms with Crippen LogP contribution in [0, 0.1) is 5.82 Å². The second-order valence-corrected chi connectivity index (χ2v) is 4.15. The molecule has 0 fully saturated rings. The van der Waals surface area contributed by atoms with E-state index in [9.17, 15) is 14.0 Å². The molecular formula is C12H13ClFNO3. The van der Waals surface area contributed by atoms with E-state index in [-0.39, 0.29) is 29.5 Å². The molecule has 0 radical (unpaired) electrons. The summed E-state index contributed by atoms with van der Waals surface area (Å²) in [5.41, 5.74) is -0.0394. The van der Waals surface area contributed by atoms with Gasteiger partial charge in [-0.2, -0.15) is 0 Å². The Labute approximate surface area is 109 Å². The van der Waals surface area contributed by atoms with Gasteiger partial charge in [0, 0.05) is 12.8 Å². The first-order valence-corrected chi connectivity index (χ1v) is 5.84. The molecule has 0 aliphatic carbocycles. The van der Waals surface area contributed by atoms with Crippen LogP contribution in [0.4, 0.5) is 10.1 Å². The molecule has 0 saturated heterocycles. The standard InChI is InChI=1S/C12H13ClFNO3/c13-8-4-3-5-9(14)12(8)15-10(16)6-1-2-7-11(17)18/h3-5H,1-2,6-7H2,(H,15,16)(H,17,18). The van der Waals surface area contributed by atoms with E-state index in [1.807, 2.05) is 0 Å². The molecule has 1 rings (SSSR count). The lowest BCUT2D eigenvalue weighted by Gasteiger charge is -2.07. The number of carboxylic acids is 1. The van der Waals surface area contributed by atoms with Crippen LogP contribution in [0.3, 0.4) is 0 Å². The quantitative estimate of drug-likeness (QED) is 0.783. The highest BCUT2D eigenvalue weighted by atomic mass is 35.5. The number of rotatable bonds is 6. The summed E-state index contributed by atoms with van der Waals surface area (Å²) in [5.74, 6) is -1.87. The summed E-state index contributed by atoms with van der Waals surface area (Å²) in [6.07, 6.45) is 1.00. The van der Waals surface area contributed by atoms with Crippen LogP contribution >= 0.6 is 11.6 Å². The lowest BCUT2D eigenvalue weighted by molar-refractivity contribution is -0.137. The summed E-state index contributed by atoms with van der Waals surface area (Å²) >= 11 is 5.74. The van der Waals surface area contributed by atoms with E-state index in [0.29, 0.717) is 12.8 Å². The molecule has 0 aliphatic rings. The number of halogens is 2. The van der Waals surface area contributed by atoms with E-state index in [1.165, 1.54) is 18.2 Å². The van der Waals surface area contributed by atoms with Crippen molar-refractivity contribution in [1.29, 1.82) is 0 Å². The van der Waals surface area contributed by atoms with Crippen molar-refractivity contribution in [3.8, 4) is 0 Å². The number of hydrogen-bond donors (Lipinski definition) is 2. The SMILES string of the molecule is O=C(O)CCCCC(=O)Nc1c(F)cccc1Cl. The van der Waals surface area contributed by atoms with Gasteiger partial charge in [-0.25, -0.2) is 4.39 Å². The third kappa shape index (κ3) is 4.71. The zero-order valence-corrected chi connectivity index (χ0v) is 10.3. The smallest absolute Gasteiger partial charge is 0.303 e. The molecule has 0 aliphatic heterocycles. The lowest BCUT2D eigenvalue weighted by atomic mass is 10.2. The van der Waals surface area contributed by atoms with E-state index < -0.39 is 11.8 Å². The first-order valence-electron chi connectivity index (χ1n) is 5.46. The third-order valence-electron chi connectivity index (χ3n) is 2.27. The average molecular weight is 274 g/mol. The van der Waals surface area contributed by atoms with Crippen LogP contribution in [0.15, 0.2) is 18.2 Å². The Hall–Kier alpha value is -1.62. The minimum absolute atomic E-state index is 0.0216. The van der Waals surface area contributed by atoms with Crippen molar-refractivity contribution in [1.82, 2.24) is 0 Å². The highest BCUT2D eigenvalue weighted by Crippen LogP contribution is 2.24. The molecular weight excluding hydrogens is 261 g/mol. The number of carbonyl (C=O) groups excluding carboxylic acids is 1. The Morgan fingerprint density at radius 3 is 2.56 bits per heavy atom. The van der Waals surface area contributed by atoms with Crippen LogP contribution in [-0.4, -0.2) is 17.0 Å². The number of carboxylic acid groups (broad SMARTS) is 1. The van der Waals surface area contributed by atoms with Crippen molar-refractivity contribution >= 4 is 29.2 Å². The molecule has 1 aromatic rings. The number of amides is 1. The summed E-state index contributed by atoms with van der Waals surface area (Å²) in [4.78, 5) is 21.7. The monoisotopic (exact) mass is 273 g/mol. The largest absolute Gasteiger partial charge is 0.481 e. The molecule has 0 spiro atoms. The van der Waals surface area contributed by atoms with Gasteiger partial charge in [-0.15, -0.1) is 0 Å². The van der Waals surface area contributed by atoms with Crippen LogP contribution in [-0.2, 0) is 9.59 Å². The maximum absolute atomic E-state index is 13.3. The summed E-state index contributed by atoms with van der Waals surface area (Å²) < 4.78 is 13.3. The number of benzene rings is 1. The first-order chi connectivity index (χ1) is 8.50. The maximum Gasteiger partial charge on any atom is 0.303 e. The van der Waals surface area contributed by atoms with Crippen molar-refractivity contribution in [2.75, 3.05) is 5.32 Å². The number of anilines is 1. The van der Waals surface area contributed by atoms with Crippen molar-refractivity contribution in [2.24, 2.45) is 0 Å². The van der Waals surface area contributed by atoms with Gasteiger partial charge in [0.1, 0.15) is 5.82 Å². The Bertz CT molecular complexity index is 431. The number of nitrogens with one attached hydrogen (secondary N) is 1. The normalized spacial score (nSPS) is 10.1. The second-order valence-electron chi connectivity index (χ2n) is 3.75. The molecule has 6 heteroatoms. The van der Waals surface area contributed by atoms with Crippen molar-refractivity contribution in [2.45, 2.75) is 25.7 Å². The van der Waals surface area contributed by atoms with Crippen molar-refractivity contribution in [3.05, 3.63) is 29.0 Å². The van der Waals surface area contributed by atoms with Gasteiger partial charge in [0.05, 0.1) is 10.7 Å². The molecule has 0 bridgehead atoms. The number of unbranched alkanes of at least 4 members (excludes halogenated alkanes) is 1. The molecule has 0 unspecified atom stereocenters. The van der Waals surface area contributed by atoms with E-state index >= 15 is 0 Å². The van der Waals surface area contributed by atoms with E-state index in [0.717, 1.165) is 0 Å². The number of aliphatic carboxylic acids is 1. The number of carbonyl (C=O) groups is 2.